The SMILES string of the molecule is S=C(NCCOP1N(c2ccccc2)c2ccccc2N1c1ccccc1)Nc1ccccc1. The minimum absolute atomic E-state index is 0.503. The van der Waals surface area contributed by atoms with E-state index < -0.39 is 8.45 Å². The van der Waals surface area contributed by atoms with E-state index in [4.69, 9.17) is 16.7 Å². The van der Waals surface area contributed by atoms with Gasteiger partial charge in [-0.2, -0.15) is 0 Å². The fourth-order valence-electron chi connectivity index (χ4n) is 3.81. The summed E-state index contributed by atoms with van der Waals surface area (Å²) in [6.07, 6.45) is 0. The Morgan fingerprint density at radius 3 is 1.68 bits per heavy atom. The van der Waals surface area contributed by atoms with Crippen LogP contribution in [0.25, 0.3) is 0 Å². The lowest BCUT2D eigenvalue weighted by atomic mass is 10.2. The highest BCUT2D eigenvalue weighted by molar-refractivity contribution is 7.80. The van der Waals surface area contributed by atoms with Gasteiger partial charge in [0.15, 0.2) is 5.11 Å². The number of nitrogens with zero attached hydrogens (tertiary/aromatic N) is 2. The molecule has 0 atom stereocenters. The van der Waals surface area contributed by atoms with Gasteiger partial charge in [0.1, 0.15) is 0 Å². The predicted octanol–water partition coefficient (Wildman–Crippen LogP) is 7.21. The van der Waals surface area contributed by atoms with E-state index in [1.807, 2.05) is 42.5 Å². The molecule has 0 spiro atoms. The maximum absolute atomic E-state index is 6.59. The summed E-state index contributed by atoms with van der Waals surface area (Å²) in [6, 6.07) is 39.2. The number of para-hydroxylation sites is 5. The highest BCUT2D eigenvalue weighted by Gasteiger charge is 2.39. The van der Waals surface area contributed by atoms with Gasteiger partial charge in [-0.3, -0.25) is 9.34 Å². The average molecular weight is 485 g/mol. The molecule has 1 aliphatic heterocycles. The Labute approximate surface area is 206 Å². The van der Waals surface area contributed by atoms with E-state index in [9.17, 15) is 0 Å². The van der Waals surface area contributed by atoms with Gasteiger partial charge < -0.3 is 15.2 Å². The number of fused-ring (bicyclic) bond motifs is 1. The molecule has 0 saturated carbocycles. The zero-order valence-electron chi connectivity index (χ0n) is 18.5. The molecular formula is C27H25N4OPS. The Bertz CT molecular complexity index is 1160. The predicted molar refractivity (Wildman–Crippen MR) is 147 cm³/mol. The number of rotatable bonds is 7. The molecule has 0 bridgehead atoms. The summed E-state index contributed by atoms with van der Waals surface area (Å²) in [6.45, 7) is 1.10. The van der Waals surface area contributed by atoms with E-state index in [2.05, 4.69) is 92.8 Å². The fourth-order valence-corrected chi connectivity index (χ4v) is 6.07. The summed E-state index contributed by atoms with van der Waals surface area (Å²) in [5, 5.41) is 7.04. The minimum atomic E-state index is -1.17. The molecule has 2 N–H and O–H groups in total. The lowest BCUT2D eigenvalue weighted by molar-refractivity contribution is 0.357. The molecular weight excluding hydrogens is 459 g/mol. The van der Waals surface area contributed by atoms with Crippen LogP contribution in [0.1, 0.15) is 0 Å². The van der Waals surface area contributed by atoms with Gasteiger partial charge >= 0.3 is 0 Å². The molecule has 170 valence electrons. The molecule has 5 rings (SSSR count). The molecule has 0 radical (unpaired) electrons. The number of hydrogen-bond acceptors (Lipinski definition) is 4. The largest absolute Gasteiger partial charge is 0.360 e. The van der Waals surface area contributed by atoms with Crippen molar-refractivity contribution in [1.82, 2.24) is 5.32 Å². The highest BCUT2D eigenvalue weighted by atomic mass is 32.1. The Morgan fingerprint density at radius 1 is 0.676 bits per heavy atom. The van der Waals surface area contributed by atoms with Gasteiger partial charge in [0.2, 0.25) is 0 Å². The second-order valence-corrected chi connectivity index (χ2v) is 9.59. The van der Waals surface area contributed by atoms with Crippen molar-refractivity contribution in [2.45, 2.75) is 0 Å². The van der Waals surface area contributed by atoms with Crippen LogP contribution in [0.2, 0.25) is 0 Å². The van der Waals surface area contributed by atoms with Gasteiger partial charge in [-0.25, -0.2) is 0 Å². The van der Waals surface area contributed by atoms with E-state index in [1.54, 1.807) is 0 Å². The van der Waals surface area contributed by atoms with Crippen molar-refractivity contribution in [2.24, 2.45) is 0 Å². The molecule has 0 amide bonds. The maximum atomic E-state index is 6.59. The molecule has 0 fully saturated rings. The molecule has 0 unspecified atom stereocenters. The average Bonchev–Trinajstić information content (AvgIpc) is 3.22. The van der Waals surface area contributed by atoms with Crippen LogP contribution < -0.4 is 20.0 Å². The quantitative estimate of drug-likeness (QED) is 0.164. The monoisotopic (exact) mass is 484 g/mol. The van der Waals surface area contributed by atoms with Crippen LogP contribution in [0.4, 0.5) is 28.4 Å². The molecule has 0 saturated heterocycles. The number of thiocarbonyl (C=S) groups is 1. The Hall–Kier alpha value is -3.44. The summed E-state index contributed by atoms with van der Waals surface area (Å²) in [4.78, 5) is 0. The molecule has 34 heavy (non-hydrogen) atoms. The first-order valence-electron chi connectivity index (χ1n) is 11.1. The molecule has 4 aromatic rings. The normalized spacial score (nSPS) is 12.9. The third-order valence-electron chi connectivity index (χ3n) is 5.31. The van der Waals surface area contributed by atoms with Crippen LogP contribution in [-0.2, 0) is 4.52 Å². The second-order valence-electron chi connectivity index (χ2n) is 7.62. The smallest absolute Gasteiger partial charge is 0.258 e. The van der Waals surface area contributed by atoms with E-state index in [0.29, 0.717) is 18.3 Å². The van der Waals surface area contributed by atoms with Crippen LogP contribution in [0.3, 0.4) is 0 Å². The second kappa shape index (κ2) is 10.7. The Balaban J connectivity index is 1.35. The van der Waals surface area contributed by atoms with Gasteiger partial charge in [0.05, 0.1) is 18.0 Å². The van der Waals surface area contributed by atoms with Crippen molar-refractivity contribution in [3.63, 3.8) is 0 Å². The molecule has 0 aromatic heterocycles. The van der Waals surface area contributed by atoms with Gasteiger partial charge in [-0.1, -0.05) is 66.7 Å². The van der Waals surface area contributed by atoms with E-state index >= 15 is 0 Å². The van der Waals surface area contributed by atoms with Crippen molar-refractivity contribution < 1.29 is 4.52 Å². The Kier molecular flexibility index (Phi) is 7.01. The van der Waals surface area contributed by atoms with E-state index in [-0.39, 0.29) is 0 Å². The van der Waals surface area contributed by atoms with Crippen molar-refractivity contribution in [2.75, 3.05) is 27.8 Å². The van der Waals surface area contributed by atoms with Crippen LogP contribution in [-0.4, -0.2) is 18.3 Å². The van der Waals surface area contributed by atoms with Crippen molar-refractivity contribution in [3.05, 3.63) is 115 Å². The third-order valence-corrected chi connectivity index (χ3v) is 7.54. The molecule has 7 heteroatoms. The lowest BCUT2D eigenvalue weighted by Crippen LogP contribution is -2.31. The summed E-state index contributed by atoms with van der Waals surface area (Å²) < 4.78 is 11.2. The van der Waals surface area contributed by atoms with Gasteiger partial charge in [-0.05, 0) is 60.7 Å². The molecule has 4 aromatic carbocycles. The standard InChI is InChI=1S/C27H25N4OPS/c34-27(29-22-12-4-1-5-13-22)28-20-21-32-33-30(23-14-6-2-7-15-23)25-18-10-11-19-26(25)31(33)24-16-8-3-9-17-24/h1-19H,20-21H2,(H2,28,29,34). The topological polar surface area (TPSA) is 39.8 Å². The first-order chi connectivity index (χ1) is 16.8. The first-order valence-corrected chi connectivity index (χ1v) is 12.7. The number of hydrogen-bond donors (Lipinski definition) is 2. The maximum Gasteiger partial charge on any atom is 0.258 e. The van der Waals surface area contributed by atoms with Crippen LogP contribution in [0.15, 0.2) is 115 Å². The summed E-state index contributed by atoms with van der Waals surface area (Å²) >= 11 is 5.45. The Morgan fingerprint density at radius 2 is 1.15 bits per heavy atom. The van der Waals surface area contributed by atoms with E-state index in [1.165, 1.54) is 0 Å². The van der Waals surface area contributed by atoms with Gasteiger partial charge in [0, 0.05) is 23.6 Å². The zero-order chi connectivity index (χ0) is 23.2. The van der Waals surface area contributed by atoms with Crippen LogP contribution >= 0.6 is 20.7 Å². The molecule has 5 nitrogen and oxygen atoms in total. The number of anilines is 5. The minimum Gasteiger partial charge on any atom is -0.360 e. The van der Waals surface area contributed by atoms with Crippen LogP contribution in [0, 0.1) is 0 Å². The zero-order valence-corrected chi connectivity index (χ0v) is 20.3. The molecule has 0 aliphatic carbocycles. The third kappa shape index (κ3) is 4.90. The summed E-state index contributed by atoms with van der Waals surface area (Å²) in [5.74, 6) is 0. The molecule has 1 heterocycles. The van der Waals surface area contributed by atoms with Gasteiger partial charge in [0.25, 0.3) is 8.45 Å². The molecule has 1 aliphatic rings. The van der Waals surface area contributed by atoms with Crippen molar-refractivity contribution in [1.29, 1.82) is 0 Å². The highest BCUT2D eigenvalue weighted by Crippen LogP contribution is 2.65. The first kappa shape index (κ1) is 22.4. The summed E-state index contributed by atoms with van der Waals surface area (Å²) in [7, 11) is -1.17. The fraction of sp³-hybridized carbons (Fsp3) is 0.0741. The van der Waals surface area contributed by atoms with Crippen molar-refractivity contribution in [3.8, 4) is 0 Å². The van der Waals surface area contributed by atoms with Gasteiger partial charge in [-0.15, -0.1) is 0 Å². The van der Waals surface area contributed by atoms with Crippen LogP contribution in [0.5, 0.6) is 0 Å². The summed E-state index contributed by atoms with van der Waals surface area (Å²) in [5.41, 5.74) is 5.44. The van der Waals surface area contributed by atoms with E-state index in [0.717, 1.165) is 28.4 Å². The van der Waals surface area contributed by atoms with Crippen molar-refractivity contribution >= 4 is 54.2 Å². The lowest BCUT2D eigenvalue weighted by Gasteiger charge is -2.31. The number of benzene rings is 4. The number of nitrogens with one attached hydrogen (secondary N) is 2.